The molecule has 0 aromatic carbocycles. The Morgan fingerprint density at radius 3 is 2.75 bits per heavy atom. The molecular weight excluding hydrogens is 172 g/mol. The molecule has 3 heteroatoms. The van der Waals surface area contributed by atoms with E-state index in [0.29, 0.717) is 5.15 Å². The average molecular weight is 187 g/mol. The zero-order valence-electron chi connectivity index (χ0n) is 7.68. The van der Waals surface area contributed by atoms with Crippen LogP contribution in [0.15, 0.2) is 6.20 Å². The molecule has 12 heavy (non-hydrogen) atoms. The Kier molecular flexibility index (Phi) is 3.60. The van der Waals surface area contributed by atoms with Crippen LogP contribution in [0.3, 0.4) is 0 Å². The Hall–Kier alpha value is -0.500. The fourth-order valence-electron chi connectivity index (χ4n) is 1.22. The third kappa shape index (κ3) is 2.24. The van der Waals surface area contributed by atoms with Gasteiger partial charge in [0.15, 0.2) is 5.15 Å². The minimum absolute atomic E-state index is 0.672. The summed E-state index contributed by atoms with van der Waals surface area (Å²) in [7, 11) is 0. The maximum Gasteiger partial charge on any atom is 0.154 e. The summed E-state index contributed by atoms with van der Waals surface area (Å²) in [6, 6.07) is 0. The zero-order valence-corrected chi connectivity index (χ0v) is 8.43. The van der Waals surface area contributed by atoms with Gasteiger partial charge >= 0.3 is 0 Å². The van der Waals surface area contributed by atoms with Crippen LogP contribution in [0.1, 0.15) is 32.3 Å². The Morgan fingerprint density at radius 1 is 1.42 bits per heavy atom. The van der Waals surface area contributed by atoms with Crippen molar-refractivity contribution in [2.24, 2.45) is 0 Å². The van der Waals surface area contributed by atoms with Gasteiger partial charge in [-0.25, -0.2) is 0 Å². The van der Waals surface area contributed by atoms with Crippen LogP contribution < -0.4 is 0 Å². The van der Waals surface area contributed by atoms with E-state index < -0.39 is 0 Å². The van der Waals surface area contributed by atoms with Crippen molar-refractivity contribution >= 4 is 11.6 Å². The fraction of sp³-hybridized carbons (Fsp3) is 0.667. The van der Waals surface area contributed by atoms with Crippen molar-refractivity contribution < 1.29 is 0 Å². The van der Waals surface area contributed by atoms with Gasteiger partial charge in [-0.3, -0.25) is 4.68 Å². The molecule has 1 rings (SSSR count). The first-order chi connectivity index (χ1) is 5.77. The number of hydrogen-bond donors (Lipinski definition) is 0. The molecule has 2 nitrogen and oxygen atoms in total. The predicted octanol–water partition coefficient (Wildman–Crippen LogP) is 2.90. The topological polar surface area (TPSA) is 17.8 Å². The van der Waals surface area contributed by atoms with Gasteiger partial charge in [0.1, 0.15) is 0 Å². The minimum Gasteiger partial charge on any atom is -0.271 e. The van der Waals surface area contributed by atoms with Gasteiger partial charge in [0, 0.05) is 18.3 Å². The van der Waals surface area contributed by atoms with Gasteiger partial charge in [-0.15, -0.1) is 0 Å². The van der Waals surface area contributed by atoms with Crippen molar-refractivity contribution in [3.05, 3.63) is 16.9 Å². The molecule has 0 fully saturated rings. The van der Waals surface area contributed by atoms with Crippen LogP contribution in [0.25, 0.3) is 0 Å². The van der Waals surface area contributed by atoms with Gasteiger partial charge in [0.2, 0.25) is 0 Å². The molecule has 0 atom stereocenters. The molecule has 0 spiro atoms. The van der Waals surface area contributed by atoms with Crippen molar-refractivity contribution in [2.75, 3.05) is 0 Å². The Morgan fingerprint density at radius 2 is 2.17 bits per heavy atom. The maximum absolute atomic E-state index is 5.93. The second-order valence-electron chi connectivity index (χ2n) is 2.96. The third-order valence-corrected chi connectivity index (χ3v) is 2.08. The van der Waals surface area contributed by atoms with Crippen LogP contribution in [0.4, 0.5) is 0 Å². The average Bonchev–Trinajstić information content (AvgIpc) is 2.34. The molecule has 0 aliphatic carbocycles. The molecule has 0 bridgehead atoms. The Bertz CT molecular complexity index is 243. The van der Waals surface area contributed by atoms with Crippen molar-refractivity contribution in [1.29, 1.82) is 0 Å². The lowest BCUT2D eigenvalue weighted by molar-refractivity contribution is 0.602. The van der Waals surface area contributed by atoms with E-state index in [9.17, 15) is 0 Å². The van der Waals surface area contributed by atoms with Crippen LogP contribution >= 0.6 is 11.6 Å². The standard InChI is InChI=1S/C9H15ClN2/c1-3-5-8-7-12(6-4-2)11-9(8)10/h7H,3-6H2,1-2H3. The molecule has 0 saturated heterocycles. The summed E-state index contributed by atoms with van der Waals surface area (Å²) in [4.78, 5) is 0. The number of aryl methyl sites for hydroxylation is 2. The Balaban J connectivity index is 2.70. The molecule has 68 valence electrons. The highest BCUT2D eigenvalue weighted by Gasteiger charge is 2.04. The summed E-state index contributed by atoms with van der Waals surface area (Å²) in [5.41, 5.74) is 1.17. The predicted molar refractivity (Wildman–Crippen MR) is 51.5 cm³/mol. The van der Waals surface area contributed by atoms with E-state index in [2.05, 4.69) is 25.1 Å². The van der Waals surface area contributed by atoms with Crippen LogP contribution in [0.2, 0.25) is 5.15 Å². The summed E-state index contributed by atoms with van der Waals surface area (Å²) >= 11 is 5.93. The van der Waals surface area contributed by atoms with E-state index >= 15 is 0 Å². The van der Waals surface area contributed by atoms with Gasteiger partial charge in [0.05, 0.1) is 0 Å². The number of halogens is 1. The van der Waals surface area contributed by atoms with Gasteiger partial charge in [-0.1, -0.05) is 31.9 Å². The SMILES string of the molecule is CCCc1cn(CCC)nc1Cl. The minimum atomic E-state index is 0.672. The number of hydrogen-bond acceptors (Lipinski definition) is 1. The van der Waals surface area contributed by atoms with Crippen LogP contribution in [-0.4, -0.2) is 9.78 Å². The smallest absolute Gasteiger partial charge is 0.154 e. The first-order valence-electron chi connectivity index (χ1n) is 4.49. The number of nitrogens with zero attached hydrogens (tertiary/aromatic N) is 2. The van der Waals surface area contributed by atoms with E-state index in [1.807, 2.05) is 4.68 Å². The first kappa shape index (κ1) is 9.59. The highest BCUT2D eigenvalue weighted by Crippen LogP contribution is 2.14. The van der Waals surface area contributed by atoms with E-state index in [-0.39, 0.29) is 0 Å². The molecule has 0 N–H and O–H groups in total. The number of rotatable bonds is 4. The zero-order chi connectivity index (χ0) is 8.97. The normalized spacial score (nSPS) is 10.6. The molecule has 1 heterocycles. The lowest BCUT2D eigenvalue weighted by Gasteiger charge is -1.94. The molecule has 0 amide bonds. The van der Waals surface area contributed by atoms with Crippen molar-refractivity contribution in [3.63, 3.8) is 0 Å². The molecule has 0 aliphatic rings. The summed E-state index contributed by atoms with van der Waals surface area (Å²) in [6.45, 7) is 5.24. The van der Waals surface area contributed by atoms with Crippen molar-refractivity contribution in [3.8, 4) is 0 Å². The van der Waals surface area contributed by atoms with E-state index in [1.165, 1.54) is 5.56 Å². The Labute approximate surface area is 78.5 Å². The lowest BCUT2D eigenvalue weighted by atomic mass is 10.2. The van der Waals surface area contributed by atoms with Gasteiger partial charge in [-0.05, 0) is 12.8 Å². The van der Waals surface area contributed by atoms with Crippen molar-refractivity contribution in [2.45, 2.75) is 39.7 Å². The summed E-state index contributed by atoms with van der Waals surface area (Å²) in [6.07, 6.45) is 5.30. The van der Waals surface area contributed by atoms with E-state index in [1.54, 1.807) is 0 Å². The van der Waals surface area contributed by atoms with Crippen LogP contribution in [0.5, 0.6) is 0 Å². The van der Waals surface area contributed by atoms with Crippen LogP contribution in [0, 0.1) is 0 Å². The summed E-state index contributed by atoms with van der Waals surface area (Å²) in [5.74, 6) is 0. The molecule has 0 aliphatic heterocycles. The van der Waals surface area contributed by atoms with E-state index in [4.69, 9.17) is 11.6 Å². The van der Waals surface area contributed by atoms with Gasteiger partial charge in [-0.2, -0.15) is 5.10 Å². The monoisotopic (exact) mass is 186 g/mol. The summed E-state index contributed by atoms with van der Waals surface area (Å²) in [5, 5.41) is 4.87. The van der Waals surface area contributed by atoms with Crippen molar-refractivity contribution in [1.82, 2.24) is 9.78 Å². The lowest BCUT2D eigenvalue weighted by Crippen LogP contribution is -1.95. The number of aromatic nitrogens is 2. The van der Waals surface area contributed by atoms with Gasteiger partial charge < -0.3 is 0 Å². The first-order valence-corrected chi connectivity index (χ1v) is 4.87. The highest BCUT2D eigenvalue weighted by atomic mass is 35.5. The highest BCUT2D eigenvalue weighted by molar-refractivity contribution is 6.30. The second kappa shape index (κ2) is 4.51. The fourth-order valence-corrected chi connectivity index (χ4v) is 1.46. The second-order valence-corrected chi connectivity index (χ2v) is 3.32. The molecule has 1 aromatic heterocycles. The van der Waals surface area contributed by atoms with E-state index in [0.717, 1.165) is 25.8 Å². The third-order valence-electron chi connectivity index (χ3n) is 1.76. The largest absolute Gasteiger partial charge is 0.271 e. The maximum atomic E-state index is 5.93. The summed E-state index contributed by atoms with van der Waals surface area (Å²) < 4.78 is 1.92. The molecule has 0 saturated carbocycles. The molecule has 1 aromatic rings. The molecule has 0 unspecified atom stereocenters. The van der Waals surface area contributed by atoms with Crippen LogP contribution in [-0.2, 0) is 13.0 Å². The quantitative estimate of drug-likeness (QED) is 0.707. The molecular formula is C9H15ClN2. The molecule has 0 radical (unpaired) electrons. The van der Waals surface area contributed by atoms with Gasteiger partial charge in [0.25, 0.3) is 0 Å².